The number of carbonyl (C=O) groups excluding carboxylic acids is 1. The maximum atomic E-state index is 12.0. The third kappa shape index (κ3) is 7.90. The first-order valence-electron chi connectivity index (χ1n) is 7.53. The van der Waals surface area contributed by atoms with Gasteiger partial charge in [-0.1, -0.05) is 20.8 Å². The fraction of sp³-hybridized carbons (Fsp3) is 0.867. The average molecular weight is 301 g/mol. The summed E-state index contributed by atoms with van der Waals surface area (Å²) >= 11 is 0. The van der Waals surface area contributed by atoms with Crippen molar-refractivity contribution in [1.82, 2.24) is 15.5 Å². The van der Waals surface area contributed by atoms with E-state index in [4.69, 9.17) is 0 Å². The summed E-state index contributed by atoms with van der Waals surface area (Å²) in [5.74, 6) is -0.410. The molecule has 6 nitrogen and oxygen atoms in total. The number of carboxylic acid groups (broad SMARTS) is 1. The molecule has 0 aliphatic heterocycles. The van der Waals surface area contributed by atoms with Crippen LogP contribution in [0.15, 0.2) is 0 Å². The Labute approximate surface area is 128 Å². The van der Waals surface area contributed by atoms with Crippen molar-refractivity contribution in [3.05, 3.63) is 0 Å². The molecule has 124 valence electrons. The predicted molar refractivity (Wildman–Crippen MR) is 84.4 cm³/mol. The Kier molecular flexibility index (Phi) is 8.32. The van der Waals surface area contributed by atoms with Gasteiger partial charge in [0.25, 0.3) is 0 Å². The molecule has 2 atom stereocenters. The second kappa shape index (κ2) is 8.87. The molecule has 0 aliphatic rings. The molecule has 0 aliphatic carbocycles. The first-order valence-corrected chi connectivity index (χ1v) is 7.53. The van der Waals surface area contributed by atoms with Gasteiger partial charge < -0.3 is 20.6 Å². The lowest BCUT2D eigenvalue weighted by Crippen LogP contribution is -2.50. The van der Waals surface area contributed by atoms with E-state index in [1.165, 1.54) is 0 Å². The minimum absolute atomic E-state index is 0.0534. The SMILES string of the molecule is CCC(C)(CNC(=O)NC(CC(C)C)CN(C)C)C(=O)O. The van der Waals surface area contributed by atoms with Crippen LogP contribution in [0.2, 0.25) is 0 Å². The van der Waals surface area contributed by atoms with Crippen molar-refractivity contribution in [2.24, 2.45) is 11.3 Å². The Balaban J connectivity index is 4.46. The van der Waals surface area contributed by atoms with E-state index in [2.05, 4.69) is 24.5 Å². The average Bonchev–Trinajstić information content (AvgIpc) is 2.33. The molecule has 3 N–H and O–H groups in total. The lowest BCUT2D eigenvalue weighted by atomic mass is 9.88. The second-order valence-corrected chi connectivity index (χ2v) is 6.64. The number of likely N-dealkylation sites (N-methyl/N-ethyl adjacent to an activating group) is 1. The van der Waals surface area contributed by atoms with Gasteiger partial charge in [0.15, 0.2) is 0 Å². The van der Waals surface area contributed by atoms with Gasteiger partial charge in [-0.3, -0.25) is 4.79 Å². The molecule has 2 unspecified atom stereocenters. The monoisotopic (exact) mass is 301 g/mol. The summed E-state index contributed by atoms with van der Waals surface area (Å²) in [6.45, 7) is 8.56. The van der Waals surface area contributed by atoms with Crippen LogP contribution in [0, 0.1) is 11.3 Å². The summed E-state index contributed by atoms with van der Waals surface area (Å²) in [5, 5.41) is 14.8. The van der Waals surface area contributed by atoms with E-state index in [9.17, 15) is 14.7 Å². The summed E-state index contributed by atoms with van der Waals surface area (Å²) in [4.78, 5) is 25.2. The molecular formula is C15H31N3O3. The normalized spacial score (nSPS) is 15.6. The molecule has 0 fully saturated rings. The van der Waals surface area contributed by atoms with E-state index in [0.717, 1.165) is 13.0 Å². The van der Waals surface area contributed by atoms with Crippen molar-refractivity contribution in [2.75, 3.05) is 27.2 Å². The number of hydrogen-bond donors (Lipinski definition) is 3. The Morgan fingerprint density at radius 1 is 1.29 bits per heavy atom. The molecule has 2 amide bonds. The van der Waals surface area contributed by atoms with Gasteiger partial charge >= 0.3 is 12.0 Å². The lowest BCUT2D eigenvalue weighted by molar-refractivity contribution is -0.147. The van der Waals surface area contributed by atoms with Gasteiger partial charge in [0.05, 0.1) is 5.41 Å². The largest absolute Gasteiger partial charge is 0.481 e. The van der Waals surface area contributed by atoms with Gasteiger partial charge in [-0.2, -0.15) is 0 Å². The second-order valence-electron chi connectivity index (χ2n) is 6.64. The number of nitrogens with one attached hydrogen (secondary N) is 2. The van der Waals surface area contributed by atoms with Crippen LogP contribution in [0.5, 0.6) is 0 Å². The summed E-state index contributed by atoms with van der Waals surface area (Å²) < 4.78 is 0. The number of aliphatic carboxylic acids is 1. The maximum Gasteiger partial charge on any atom is 0.315 e. The van der Waals surface area contributed by atoms with Crippen molar-refractivity contribution < 1.29 is 14.7 Å². The topological polar surface area (TPSA) is 81.7 Å². The van der Waals surface area contributed by atoms with E-state index in [1.807, 2.05) is 19.0 Å². The predicted octanol–water partition coefficient (Wildman–Crippen LogP) is 1.76. The summed E-state index contributed by atoms with van der Waals surface area (Å²) in [7, 11) is 3.93. The number of rotatable bonds is 9. The molecule has 0 aromatic carbocycles. The van der Waals surface area contributed by atoms with Crippen molar-refractivity contribution >= 4 is 12.0 Å². The number of hydrogen-bond acceptors (Lipinski definition) is 3. The number of amides is 2. The van der Waals surface area contributed by atoms with Crippen molar-refractivity contribution in [2.45, 2.75) is 46.6 Å². The van der Waals surface area contributed by atoms with Crippen molar-refractivity contribution in [3.8, 4) is 0 Å². The first-order chi connectivity index (χ1) is 9.60. The summed E-state index contributed by atoms with van der Waals surface area (Å²) in [6.07, 6.45) is 1.35. The minimum atomic E-state index is -0.924. The van der Waals surface area contributed by atoms with Gasteiger partial charge in [-0.05, 0) is 39.8 Å². The molecule has 0 rings (SSSR count). The van der Waals surface area contributed by atoms with Crippen LogP contribution in [-0.4, -0.2) is 55.2 Å². The molecule has 0 aromatic heterocycles. The summed E-state index contributed by atoms with van der Waals surface area (Å²) in [5.41, 5.74) is -0.924. The fourth-order valence-corrected chi connectivity index (χ4v) is 2.05. The molecular weight excluding hydrogens is 270 g/mol. The van der Waals surface area contributed by atoms with E-state index in [0.29, 0.717) is 12.3 Å². The van der Waals surface area contributed by atoms with Gasteiger partial charge in [-0.25, -0.2) is 4.79 Å². The van der Waals surface area contributed by atoms with Gasteiger partial charge in [0, 0.05) is 19.1 Å². The van der Waals surface area contributed by atoms with Gasteiger partial charge in [-0.15, -0.1) is 0 Å². The Hall–Kier alpha value is -1.30. The zero-order valence-electron chi connectivity index (χ0n) is 14.2. The third-order valence-corrected chi connectivity index (χ3v) is 3.61. The van der Waals surface area contributed by atoms with Crippen LogP contribution < -0.4 is 10.6 Å². The van der Waals surface area contributed by atoms with Crippen LogP contribution in [-0.2, 0) is 4.79 Å². The molecule has 0 radical (unpaired) electrons. The maximum absolute atomic E-state index is 12.0. The van der Waals surface area contributed by atoms with E-state index in [1.54, 1.807) is 13.8 Å². The van der Waals surface area contributed by atoms with Gasteiger partial charge in [0.2, 0.25) is 0 Å². The van der Waals surface area contributed by atoms with E-state index in [-0.39, 0.29) is 18.6 Å². The quantitative estimate of drug-likeness (QED) is 0.606. The first kappa shape index (κ1) is 19.7. The van der Waals surface area contributed by atoms with E-state index < -0.39 is 11.4 Å². The highest BCUT2D eigenvalue weighted by Gasteiger charge is 2.31. The van der Waals surface area contributed by atoms with Crippen molar-refractivity contribution in [3.63, 3.8) is 0 Å². The van der Waals surface area contributed by atoms with Crippen molar-refractivity contribution in [1.29, 1.82) is 0 Å². The Morgan fingerprint density at radius 2 is 1.86 bits per heavy atom. The minimum Gasteiger partial charge on any atom is -0.481 e. The highest BCUT2D eigenvalue weighted by atomic mass is 16.4. The highest BCUT2D eigenvalue weighted by Crippen LogP contribution is 2.19. The Morgan fingerprint density at radius 3 is 2.24 bits per heavy atom. The van der Waals surface area contributed by atoms with Crippen LogP contribution in [0.25, 0.3) is 0 Å². The number of carboxylic acids is 1. The lowest BCUT2D eigenvalue weighted by Gasteiger charge is -2.26. The third-order valence-electron chi connectivity index (χ3n) is 3.61. The Bertz CT molecular complexity index is 335. The molecule has 21 heavy (non-hydrogen) atoms. The van der Waals surface area contributed by atoms with Crippen LogP contribution >= 0.6 is 0 Å². The number of nitrogens with zero attached hydrogens (tertiary/aromatic N) is 1. The highest BCUT2D eigenvalue weighted by molar-refractivity contribution is 5.77. The standard InChI is InChI=1S/C15H31N3O3/c1-7-15(4,13(19)20)10-16-14(21)17-12(8-11(2)3)9-18(5)6/h11-12H,7-10H2,1-6H3,(H,19,20)(H2,16,17,21). The van der Waals surface area contributed by atoms with Crippen LogP contribution in [0.4, 0.5) is 4.79 Å². The molecule has 0 saturated carbocycles. The van der Waals surface area contributed by atoms with E-state index >= 15 is 0 Å². The smallest absolute Gasteiger partial charge is 0.315 e. The number of carbonyl (C=O) groups is 2. The molecule has 0 aromatic rings. The van der Waals surface area contributed by atoms with Gasteiger partial charge in [0.1, 0.15) is 0 Å². The summed E-state index contributed by atoms with van der Waals surface area (Å²) in [6, 6.07) is -0.249. The zero-order chi connectivity index (χ0) is 16.6. The molecule has 6 heteroatoms. The number of urea groups is 1. The molecule has 0 bridgehead atoms. The molecule has 0 spiro atoms. The van der Waals surface area contributed by atoms with Crippen LogP contribution in [0.3, 0.4) is 0 Å². The fourth-order valence-electron chi connectivity index (χ4n) is 2.05. The zero-order valence-corrected chi connectivity index (χ0v) is 14.2. The van der Waals surface area contributed by atoms with Crippen LogP contribution in [0.1, 0.15) is 40.5 Å². The molecule has 0 saturated heterocycles. The molecule has 0 heterocycles.